The molecule has 11 heteroatoms. The van der Waals surface area contributed by atoms with Gasteiger partial charge < -0.3 is 14.8 Å². The number of nitrogens with zero attached hydrogens (tertiary/aromatic N) is 1. The Hall–Kier alpha value is -2.66. The Kier molecular flexibility index (Phi) is 5.80. The maximum atomic E-state index is 13.1. The van der Waals surface area contributed by atoms with Gasteiger partial charge in [0.2, 0.25) is 5.88 Å². The minimum atomic E-state index is -4.70. The highest BCUT2D eigenvalue weighted by Crippen LogP contribution is 2.32. The van der Waals surface area contributed by atoms with Crippen LogP contribution in [-0.4, -0.2) is 44.9 Å². The molecule has 0 spiro atoms. The zero-order chi connectivity index (χ0) is 21.2. The third-order valence-corrected chi connectivity index (χ3v) is 5.22. The molecule has 1 saturated heterocycles. The number of benzene rings is 1. The van der Waals surface area contributed by atoms with E-state index in [2.05, 4.69) is 10.3 Å². The molecule has 156 valence electrons. The van der Waals surface area contributed by atoms with Crippen LogP contribution in [0.1, 0.15) is 22.3 Å². The molecule has 0 radical (unpaired) electrons. The smallest absolute Gasteiger partial charge is 0.417 e. The number of ether oxygens (including phenoxy) is 2. The molecule has 3 rings (SSSR count). The van der Waals surface area contributed by atoms with Crippen molar-refractivity contribution < 1.29 is 35.9 Å². The fourth-order valence-corrected chi connectivity index (χ4v) is 3.30. The molecule has 1 amide bonds. The lowest BCUT2D eigenvalue weighted by Crippen LogP contribution is -2.21. The number of rotatable bonds is 5. The van der Waals surface area contributed by atoms with E-state index >= 15 is 0 Å². The van der Waals surface area contributed by atoms with Crippen LogP contribution in [0.25, 0.3) is 0 Å². The Labute approximate surface area is 164 Å². The number of sulfone groups is 1. The van der Waals surface area contributed by atoms with Crippen LogP contribution in [0.2, 0.25) is 0 Å². The summed E-state index contributed by atoms with van der Waals surface area (Å²) in [6, 6.07) is 6.02. The second-order valence-corrected chi connectivity index (χ2v) is 8.45. The average Bonchev–Trinajstić information content (AvgIpc) is 3.13. The minimum absolute atomic E-state index is 0.0444. The minimum Gasteiger partial charge on any atom is -0.471 e. The molecule has 7 nitrogen and oxygen atoms in total. The van der Waals surface area contributed by atoms with Crippen LogP contribution in [0, 0.1) is 0 Å². The summed E-state index contributed by atoms with van der Waals surface area (Å²) in [5, 5.41) is 2.39. The van der Waals surface area contributed by atoms with E-state index in [0.29, 0.717) is 25.3 Å². The molecule has 1 unspecified atom stereocenters. The lowest BCUT2D eigenvalue weighted by atomic mass is 10.1. The summed E-state index contributed by atoms with van der Waals surface area (Å²) in [7, 11) is -3.53. The van der Waals surface area contributed by atoms with Crippen molar-refractivity contribution in [3.8, 4) is 5.88 Å². The highest BCUT2D eigenvalue weighted by Gasteiger charge is 2.33. The van der Waals surface area contributed by atoms with Crippen molar-refractivity contribution in [1.82, 2.24) is 4.98 Å². The standard InChI is InChI=1S/C18H17F3N2O5S/c1-29(25,26)14-4-2-3-12(8-14)23-16(24)15-7-11(18(19,20)21)9-22-17(15)28-13-5-6-27-10-13/h2-4,7-9,13H,5-6,10H2,1H3,(H,23,24). The highest BCUT2D eigenvalue weighted by molar-refractivity contribution is 7.90. The van der Waals surface area contributed by atoms with Gasteiger partial charge in [-0.05, 0) is 24.3 Å². The summed E-state index contributed by atoms with van der Waals surface area (Å²) in [6.45, 7) is 0.672. The molecule has 1 N–H and O–H groups in total. The molecular weight excluding hydrogens is 413 g/mol. The van der Waals surface area contributed by atoms with Gasteiger partial charge in [-0.2, -0.15) is 13.2 Å². The summed E-state index contributed by atoms with van der Waals surface area (Å²) in [6.07, 6.45) is -3.03. The Morgan fingerprint density at radius 2 is 2.07 bits per heavy atom. The van der Waals surface area contributed by atoms with Gasteiger partial charge in [-0.15, -0.1) is 0 Å². The van der Waals surface area contributed by atoms with Crippen molar-refractivity contribution in [1.29, 1.82) is 0 Å². The predicted molar refractivity (Wildman–Crippen MR) is 96.6 cm³/mol. The number of carbonyl (C=O) groups excluding carboxylic acids is 1. The Morgan fingerprint density at radius 3 is 2.69 bits per heavy atom. The van der Waals surface area contributed by atoms with Crippen molar-refractivity contribution >= 4 is 21.4 Å². The van der Waals surface area contributed by atoms with Crippen LogP contribution in [0.15, 0.2) is 41.4 Å². The van der Waals surface area contributed by atoms with Gasteiger partial charge in [0, 0.05) is 24.6 Å². The lowest BCUT2D eigenvalue weighted by Gasteiger charge is -2.16. The molecule has 0 aliphatic carbocycles. The molecule has 1 aromatic heterocycles. The number of anilines is 1. The zero-order valence-electron chi connectivity index (χ0n) is 15.2. The van der Waals surface area contributed by atoms with Crippen LogP contribution in [0.5, 0.6) is 5.88 Å². The molecule has 1 fully saturated rings. The molecule has 1 atom stereocenters. The Bertz CT molecular complexity index is 1020. The summed E-state index contributed by atoms with van der Waals surface area (Å²) in [5.74, 6) is -1.17. The van der Waals surface area contributed by atoms with Crippen molar-refractivity contribution in [2.75, 3.05) is 24.8 Å². The number of halogens is 3. The van der Waals surface area contributed by atoms with E-state index in [4.69, 9.17) is 9.47 Å². The zero-order valence-corrected chi connectivity index (χ0v) is 16.0. The van der Waals surface area contributed by atoms with Crippen molar-refractivity contribution in [3.05, 3.63) is 47.7 Å². The molecule has 1 aromatic carbocycles. The predicted octanol–water partition coefficient (Wildman–Crippen LogP) is 2.92. The van der Waals surface area contributed by atoms with Gasteiger partial charge >= 0.3 is 6.18 Å². The molecule has 1 aliphatic heterocycles. The van der Waals surface area contributed by atoms with E-state index < -0.39 is 39.2 Å². The van der Waals surface area contributed by atoms with Gasteiger partial charge in [-0.25, -0.2) is 13.4 Å². The van der Waals surface area contributed by atoms with Crippen molar-refractivity contribution in [3.63, 3.8) is 0 Å². The van der Waals surface area contributed by atoms with Crippen LogP contribution in [0.4, 0.5) is 18.9 Å². The first-order valence-corrected chi connectivity index (χ1v) is 10.4. The number of hydrogen-bond donors (Lipinski definition) is 1. The van der Waals surface area contributed by atoms with E-state index in [-0.39, 0.29) is 23.1 Å². The van der Waals surface area contributed by atoms with Crippen LogP contribution < -0.4 is 10.1 Å². The van der Waals surface area contributed by atoms with E-state index in [1.165, 1.54) is 24.3 Å². The SMILES string of the molecule is CS(=O)(=O)c1cccc(NC(=O)c2cc(C(F)(F)F)cnc2OC2CCOC2)c1. The average molecular weight is 430 g/mol. The number of aromatic nitrogens is 1. The number of nitrogens with one attached hydrogen (secondary N) is 1. The van der Waals surface area contributed by atoms with Gasteiger partial charge in [0.15, 0.2) is 9.84 Å². The third-order valence-electron chi connectivity index (χ3n) is 4.11. The Balaban J connectivity index is 1.93. The molecule has 0 saturated carbocycles. The maximum absolute atomic E-state index is 13.1. The summed E-state index contributed by atoms with van der Waals surface area (Å²) in [4.78, 5) is 16.3. The monoisotopic (exact) mass is 430 g/mol. The second-order valence-electron chi connectivity index (χ2n) is 6.43. The van der Waals surface area contributed by atoms with Crippen molar-refractivity contribution in [2.45, 2.75) is 23.6 Å². The molecule has 2 aromatic rings. The fourth-order valence-electron chi connectivity index (χ4n) is 2.63. The topological polar surface area (TPSA) is 94.6 Å². The van der Waals surface area contributed by atoms with Gasteiger partial charge in [-0.1, -0.05) is 6.07 Å². The van der Waals surface area contributed by atoms with Gasteiger partial charge in [-0.3, -0.25) is 4.79 Å². The largest absolute Gasteiger partial charge is 0.471 e. The first-order chi connectivity index (χ1) is 13.5. The quantitative estimate of drug-likeness (QED) is 0.784. The van der Waals surface area contributed by atoms with Gasteiger partial charge in [0.25, 0.3) is 5.91 Å². The Morgan fingerprint density at radius 1 is 1.31 bits per heavy atom. The maximum Gasteiger partial charge on any atom is 0.417 e. The lowest BCUT2D eigenvalue weighted by molar-refractivity contribution is -0.137. The fraction of sp³-hybridized carbons (Fsp3) is 0.333. The van der Waals surface area contributed by atoms with Crippen molar-refractivity contribution in [2.24, 2.45) is 0 Å². The second kappa shape index (κ2) is 7.99. The molecular formula is C18H17F3N2O5S. The first kappa shape index (κ1) is 21.1. The molecule has 0 bridgehead atoms. The van der Waals surface area contributed by atoms with Crippen LogP contribution in [0.3, 0.4) is 0 Å². The number of alkyl halides is 3. The number of pyridine rings is 1. The highest BCUT2D eigenvalue weighted by atomic mass is 32.2. The summed E-state index contributed by atoms with van der Waals surface area (Å²) < 4.78 is 73.3. The molecule has 1 aliphatic rings. The van der Waals surface area contributed by atoms with Crippen LogP contribution >= 0.6 is 0 Å². The van der Waals surface area contributed by atoms with E-state index in [0.717, 1.165) is 6.26 Å². The van der Waals surface area contributed by atoms with E-state index in [1.54, 1.807) is 0 Å². The van der Waals surface area contributed by atoms with Gasteiger partial charge in [0.05, 0.1) is 23.7 Å². The molecule has 2 heterocycles. The third kappa shape index (κ3) is 5.24. The first-order valence-electron chi connectivity index (χ1n) is 8.47. The van der Waals surface area contributed by atoms with Gasteiger partial charge in [0.1, 0.15) is 11.7 Å². The van der Waals surface area contributed by atoms with E-state index in [1.807, 2.05) is 0 Å². The van der Waals surface area contributed by atoms with E-state index in [9.17, 15) is 26.4 Å². The number of carbonyl (C=O) groups is 1. The molecule has 29 heavy (non-hydrogen) atoms. The number of hydrogen-bond acceptors (Lipinski definition) is 6. The summed E-state index contributed by atoms with van der Waals surface area (Å²) in [5.41, 5.74) is -1.43. The normalized spacial score (nSPS) is 17.2. The van der Waals surface area contributed by atoms with Crippen LogP contribution in [-0.2, 0) is 20.8 Å². The number of amides is 1. The summed E-state index contributed by atoms with van der Waals surface area (Å²) >= 11 is 0.